The number of hydrogen-bond acceptors (Lipinski definition) is 4. The second-order valence-electron chi connectivity index (χ2n) is 2.41. The molecule has 1 aromatic rings. The van der Waals surface area contributed by atoms with Gasteiger partial charge < -0.3 is 18.7 Å². The summed E-state index contributed by atoms with van der Waals surface area (Å²) in [5.74, 6) is 1.03. The Bertz CT molecular complexity index is 342. The lowest BCUT2D eigenvalue weighted by Crippen LogP contribution is -2.02. The van der Waals surface area contributed by atoms with Gasteiger partial charge in [0.05, 0.1) is 14.2 Å². The van der Waals surface area contributed by atoms with Crippen molar-refractivity contribution in [1.29, 1.82) is 0 Å². The molecule has 0 fully saturated rings. The highest BCUT2D eigenvalue weighted by Crippen LogP contribution is 2.29. The molecule has 0 bridgehead atoms. The Kier molecular flexibility index (Phi) is 3.73. The van der Waals surface area contributed by atoms with E-state index in [4.69, 9.17) is 9.47 Å². The largest absolute Gasteiger partial charge is 0.755 e. The van der Waals surface area contributed by atoms with Crippen LogP contribution in [0.1, 0.15) is 0 Å². The predicted molar refractivity (Wildman–Crippen MR) is 52.1 cm³/mol. The summed E-state index contributed by atoms with van der Waals surface area (Å²) in [4.78, 5) is 0. The van der Waals surface area contributed by atoms with Crippen molar-refractivity contribution < 1.29 is 18.2 Å². The van der Waals surface area contributed by atoms with Crippen LogP contribution in [0, 0.1) is 0 Å². The molecule has 78 valence electrons. The molecule has 1 atom stereocenters. The quantitative estimate of drug-likeness (QED) is 0.759. The van der Waals surface area contributed by atoms with Crippen molar-refractivity contribution in [2.45, 2.75) is 0 Å². The Balaban J connectivity index is 2.95. The van der Waals surface area contributed by atoms with Crippen LogP contribution in [-0.2, 0) is 11.3 Å². The van der Waals surface area contributed by atoms with E-state index in [2.05, 4.69) is 4.72 Å². The Hall–Kier alpha value is -1.27. The molecule has 0 heterocycles. The van der Waals surface area contributed by atoms with Crippen molar-refractivity contribution in [3.8, 4) is 11.5 Å². The van der Waals surface area contributed by atoms with Gasteiger partial charge in [-0.25, -0.2) is 0 Å². The van der Waals surface area contributed by atoms with Crippen molar-refractivity contribution in [2.24, 2.45) is 0 Å². The minimum atomic E-state index is -2.33. The summed E-state index contributed by atoms with van der Waals surface area (Å²) in [6, 6.07) is 4.74. The van der Waals surface area contributed by atoms with Gasteiger partial charge in [-0.05, 0) is 12.1 Å². The fraction of sp³-hybridized carbons (Fsp3) is 0.250. The topological polar surface area (TPSA) is 70.6 Å². The molecule has 0 aliphatic carbocycles. The highest BCUT2D eigenvalue weighted by molar-refractivity contribution is 7.80. The lowest BCUT2D eigenvalue weighted by molar-refractivity contribution is 0.355. The first-order valence-electron chi connectivity index (χ1n) is 3.75. The van der Waals surface area contributed by atoms with E-state index in [0.29, 0.717) is 17.2 Å². The summed E-state index contributed by atoms with van der Waals surface area (Å²) in [6.45, 7) is 0. The molecule has 0 radical (unpaired) electrons. The number of anilines is 1. The van der Waals surface area contributed by atoms with Crippen LogP contribution in [0.3, 0.4) is 0 Å². The number of methoxy groups -OCH3 is 2. The van der Waals surface area contributed by atoms with Crippen molar-refractivity contribution >= 4 is 17.0 Å². The Labute approximate surface area is 84.5 Å². The molecule has 0 aliphatic heterocycles. The maximum absolute atomic E-state index is 10.3. The summed E-state index contributed by atoms with van der Waals surface area (Å²) in [5, 5.41) is 0. The SMILES string of the molecule is COc1ccc(NS(=O)[O-])cc1OC. The normalized spacial score (nSPS) is 11.9. The first-order chi connectivity index (χ1) is 6.67. The molecule has 1 rings (SSSR count). The average molecular weight is 216 g/mol. The van der Waals surface area contributed by atoms with Crippen LogP contribution in [0.5, 0.6) is 11.5 Å². The van der Waals surface area contributed by atoms with Gasteiger partial charge in [0, 0.05) is 23.0 Å². The lowest BCUT2D eigenvalue weighted by atomic mass is 10.3. The summed E-state index contributed by atoms with van der Waals surface area (Å²) in [7, 11) is 2.99. The highest BCUT2D eigenvalue weighted by atomic mass is 32.2. The van der Waals surface area contributed by atoms with Gasteiger partial charge >= 0.3 is 0 Å². The van der Waals surface area contributed by atoms with Gasteiger partial charge in [-0.3, -0.25) is 4.21 Å². The van der Waals surface area contributed by atoms with E-state index in [9.17, 15) is 8.76 Å². The molecule has 0 amide bonds. The van der Waals surface area contributed by atoms with Gasteiger partial charge in [-0.2, -0.15) is 0 Å². The summed E-state index contributed by atoms with van der Waals surface area (Å²) in [6.07, 6.45) is 0. The standard InChI is InChI=1S/C8H11NO4S/c1-12-7-4-3-6(9-14(10)11)5-8(7)13-2/h3-5,9H,1-2H3,(H,10,11)/p-1. The van der Waals surface area contributed by atoms with E-state index in [-0.39, 0.29) is 0 Å². The third-order valence-corrected chi connectivity index (χ3v) is 1.99. The van der Waals surface area contributed by atoms with Gasteiger partial charge in [0.2, 0.25) is 0 Å². The second kappa shape index (κ2) is 4.83. The minimum absolute atomic E-state index is 0.427. The molecule has 0 saturated carbocycles. The molecular formula is C8H10NO4S-. The first-order valence-corrected chi connectivity index (χ1v) is 4.83. The van der Waals surface area contributed by atoms with Gasteiger partial charge in [-0.15, -0.1) is 0 Å². The van der Waals surface area contributed by atoms with Crippen LogP contribution in [0.2, 0.25) is 0 Å². The van der Waals surface area contributed by atoms with Crippen molar-refractivity contribution in [3.63, 3.8) is 0 Å². The van der Waals surface area contributed by atoms with Gasteiger partial charge in [-0.1, -0.05) is 0 Å². The van der Waals surface area contributed by atoms with Gasteiger partial charge in [0.25, 0.3) is 0 Å². The predicted octanol–water partition coefficient (Wildman–Crippen LogP) is 0.910. The Morgan fingerprint density at radius 3 is 2.43 bits per heavy atom. The smallest absolute Gasteiger partial charge is 0.162 e. The number of hydrogen-bond donors (Lipinski definition) is 1. The lowest BCUT2D eigenvalue weighted by Gasteiger charge is -2.12. The number of benzene rings is 1. The summed E-state index contributed by atoms with van der Waals surface area (Å²) < 4.78 is 32.9. The fourth-order valence-corrected chi connectivity index (χ4v) is 1.32. The second-order valence-corrected chi connectivity index (χ2v) is 3.08. The van der Waals surface area contributed by atoms with Crippen LogP contribution in [0.15, 0.2) is 18.2 Å². The molecule has 14 heavy (non-hydrogen) atoms. The average Bonchev–Trinajstić information content (AvgIpc) is 2.16. The number of nitrogens with one attached hydrogen (secondary N) is 1. The highest BCUT2D eigenvalue weighted by Gasteiger charge is 2.03. The van der Waals surface area contributed by atoms with Crippen LogP contribution >= 0.6 is 0 Å². The Morgan fingerprint density at radius 1 is 1.29 bits per heavy atom. The van der Waals surface area contributed by atoms with Crippen molar-refractivity contribution in [2.75, 3.05) is 18.9 Å². The Morgan fingerprint density at radius 2 is 1.93 bits per heavy atom. The monoisotopic (exact) mass is 216 g/mol. The molecule has 1 aromatic carbocycles. The van der Waals surface area contributed by atoms with Gasteiger partial charge in [0.1, 0.15) is 0 Å². The molecule has 6 heteroatoms. The van der Waals surface area contributed by atoms with E-state index in [1.165, 1.54) is 20.3 Å². The van der Waals surface area contributed by atoms with Crippen LogP contribution < -0.4 is 14.2 Å². The van der Waals surface area contributed by atoms with E-state index in [1.54, 1.807) is 12.1 Å². The molecule has 1 N–H and O–H groups in total. The molecule has 5 nitrogen and oxygen atoms in total. The van der Waals surface area contributed by atoms with Crippen molar-refractivity contribution in [3.05, 3.63) is 18.2 Å². The zero-order valence-corrected chi connectivity index (χ0v) is 8.59. The van der Waals surface area contributed by atoms with Crippen LogP contribution in [0.25, 0.3) is 0 Å². The molecule has 1 unspecified atom stereocenters. The first kappa shape index (κ1) is 10.8. The zero-order valence-electron chi connectivity index (χ0n) is 7.77. The molecule has 0 aliphatic rings. The maximum Gasteiger partial charge on any atom is 0.162 e. The summed E-state index contributed by atoms with van der Waals surface area (Å²) >= 11 is -2.33. The van der Waals surface area contributed by atoms with Crippen LogP contribution in [-0.4, -0.2) is 23.0 Å². The minimum Gasteiger partial charge on any atom is -0.755 e. The van der Waals surface area contributed by atoms with Crippen molar-refractivity contribution in [1.82, 2.24) is 0 Å². The zero-order chi connectivity index (χ0) is 10.6. The molecule has 0 spiro atoms. The number of ether oxygens (including phenoxy) is 2. The third kappa shape index (κ3) is 2.61. The fourth-order valence-electron chi connectivity index (χ4n) is 0.996. The van der Waals surface area contributed by atoms with Gasteiger partial charge in [0.15, 0.2) is 11.5 Å². The number of rotatable bonds is 4. The summed E-state index contributed by atoms with van der Waals surface area (Å²) in [5.41, 5.74) is 0.427. The molecule has 0 aromatic heterocycles. The van der Waals surface area contributed by atoms with E-state index in [0.717, 1.165) is 0 Å². The maximum atomic E-state index is 10.3. The van der Waals surface area contributed by atoms with E-state index in [1.807, 2.05) is 0 Å². The molecule has 0 saturated heterocycles. The van der Waals surface area contributed by atoms with Crippen LogP contribution in [0.4, 0.5) is 5.69 Å². The van der Waals surface area contributed by atoms with E-state index < -0.39 is 11.3 Å². The molecular weight excluding hydrogens is 206 g/mol. The third-order valence-electron chi connectivity index (χ3n) is 1.58. The van der Waals surface area contributed by atoms with E-state index >= 15 is 0 Å².